The highest BCUT2D eigenvalue weighted by atomic mass is 19.1. The van der Waals surface area contributed by atoms with Crippen molar-refractivity contribution in [2.75, 3.05) is 20.2 Å². The van der Waals surface area contributed by atoms with Gasteiger partial charge in [0.15, 0.2) is 5.76 Å². The van der Waals surface area contributed by atoms with Crippen molar-refractivity contribution in [3.63, 3.8) is 0 Å². The molecule has 1 N–H and O–H groups in total. The highest BCUT2D eigenvalue weighted by molar-refractivity contribution is 5.96. The lowest BCUT2D eigenvalue weighted by Crippen LogP contribution is -2.52. The molecule has 3 rings (SSSR count). The van der Waals surface area contributed by atoms with E-state index in [0.717, 1.165) is 0 Å². The van der Waals surface area contributed by atoms with Crippen molar-refractivity contribution in [2.45, 2.75) is 12.6 Å². The molecule has 7 heteroatoms. The Morgan fingerprint density at radius 2 is 2.25 bits per heavy atom. The minimum atomic E-state index is -0.891. The van der Waals surface area contributed by atoms with E-state index >= 15 is 0 Å². The molecule has 6 nitrogen and oxygen atoms in total. The van der Waals surface area contributed by atoms with Crippen LogP contribution in [0.5, 0.6) is 0 Å². The van der Waals surface area contributed by atoms with Gasteiger partial charge in [-0.1, -0.05) is 12.1 Å². The minimum absolute atomic E-state index is 0.123. The Labute approximate surface area is 138 Å². The number of nitrogens with zero attached hydrogens (tertiary/aromatic N) is 1. The molecule has 1 aromatic heterocycles. The Kier molecular flexibility index (Phi) is 4.61. The van der Waals surface area contributed by atoms with Gasteiger partial charge in [-0.3, -0.25) is 9.59 Å². The Morgan fingerprint density at radius 1 is 1.42 bits per heavy atom. The quantitative estimate of drug-likeness (QED) is 0.928. The van der Waals surface area contributed by atoms with Crippen LogP contribution in [-0.4, -0.2) is 36.9 Å². The number of carbonyl (C=O) groups is 2. The molecule has 0 aliphatic carbocycles. The van der Waals surface area contributed by atoms with Gasteiger partial charge in [-0.05, 0) is 29.8 Å². The summed E-state index contributed by atoms with van der Waals surface area (Å²) in [7, 11) is 1.53. The van der Waals surface area contributed by atoms with Gasteiger partial charge in [0.05, 0.1) is 0 Å². The lowest BCUT2D eigenvalue weighted by molar-refractivity contribution is -0.128. The molecule has 0 saturated carbocycles. The SMILES string of the molecule is COCc1ccc(C(=O)N2CCNC(=O)[C@@H]2c2cccc(F)c2)o1. The van der Waals surface area contributed by atoms with Gasteiger partial charge in [0, 0.05) is 20.2 Å². The molecule has 1 aliphatic heterocycles. The normalized spacial score (nSPS) is 17.7. The number of halogens is 1. The molecule has 1 aliphatic rings. The number of rotatable bonds is 4. The van der Waals surface area contributed by atoms with Gasteiger partial charge >= 0.3 is 0 Å². The summed E-state index contributed by atoms with van der Waals surface area (Å²) < 4.78 is 23.9. The zero-order valence-corrected chi connectivity index (χ0v) is 13.1. The second-order valence-corrected chi connectivity index (χ2v) is 5.45. The van der Waals surface area contributed by atoms with Crippen molar-refractivity contribution in [1.82, 2.24) is 10.2 Å². The third-order valence-corrected chi connectivity index (χ3v) is 3.80. The van der Waals surface area contributed by atoms with Gasteiger partial charge in [0.1, 0.15) is 24.2 Å². The van der Waals surface area contributed by atoms with E-state index in [4.69, 9.17) is 9.15 Å². The number of hydrogen-bond acceptors (Lipinski definition) is 4. The summed E-state index contributed by atoms with van der Waals surface area (Å²) in [6.07, 6.45) is 0. The number of ether oxygens (including phenoxy) is 1. The van der Waals surface area contributed by atoms with Crippen molar-refractivity contribution in [3.8, 4) is 0 Å². The van der Waals surface area contributed by atoms with Crippen LogP contribution in [0.1, 0.15) is 27.9 Å². The van der Waals surface area contributed by atoms with Crippen LogP contribution in [0.25, 0.3) is 0 Å². The maximum atomic E-state index is 13.5. The van der Waals surface area contributed by atoms with Gasteiger partial charge in [-0.25, -0.2) is 4.39 Å². The molecule has 1 fully saturated rings. The standard InChI is InChI=1S/C17H17FN2O4/c1-23-10-13-5-6-14(24-13)17(22)20-8-7-19-16(21)15(20)11-3-2-4-12(18)9-11/h2-6,9,15H,7-8,10H2,1H3,(H,19,21)/t15-/m0/s1. The topological polar surface area (TPSA) is 71.8 Å². The zero-order chi connectivity index (χ0) is 17.1. The molecule has 2 heterocycles. The molecule has 0 radical (unpaired) electrons. The molecular formula is C17H17FN2O4. The van der Waals surface area contributed by atoms with Crippen LogP contribution in [0, 0.1) is 5.82 Å². The molecule has 1 aromatic carbocycles. The Bertz CT molecular complexity index is 759. The number of amides is 2. The van der Waals surface area contributed by atoms with Crippen molar-refractivity contribution in [1.29, 1.82) is 0 Å². The second-order valence-electron chi connectivity index (χ2n) is 5.45. The van der Waals surface area contributed by atoms with Gasteiger partial charge in [-0.2, -0.15) is 0 Å². The van der Waals surface area contributed by atoms with Gasteiger partial charge < -0.3 is 19.4 Å². The van der Waals surface area contributed by atoms with Crippen molar-refractivity contribution >= 4 is 11.8 Å². The van der Waals surface area contributed by atoms with E-state index in [1.165, 1.54) is 30.2 Å². The first kappa shape index (κ1) is 16.2. The third-order valence-electron chi connectivity index (χ3n) is 3.80. The first-order valence-corrected chi connectivity index (χ1v) is 7.52. The Morgan fingerprint density at radius 3 is 3.00 bits per heavy atom. The number of benzene rings is 1. The van der Waals surface area contributed by atoms with E-state index < -0.39 is 17.8 Å². The molecule has 2 aromatic rings. The lowest BCUT2D eigenvalue weighted by atomic mass is 10.0. The van der Waals surface area contributed by atoms with Crippen LogP contribution in [-0.2, 0) is 16.1 Å². The average molecular weight is 332 g/mol. The monoisotopic (exact) mass is 332 g/mol. The Balaban J connectivity index is 1.90. The molecule has 1 saturated heterocycles. The lowest BCUT2D eigenvalue weighted by Gasteiger charge is -2.34. The summed E-state index contributed by atoms with van der Waals surface area (Å²) in [6, 6.07) is 7.99. The highest BCUT2D eigenvalue weighted by Gasteiger charge is 2.36. The zero-order valence-electron chi connectivity index (χ0n) is 13.1. The van der Waals surface area contributed by atoms with Gasteiger partial charge in [0.25, 0.3) is 5.91 Å². The predicted molar refractivity (Wildman–Crippen MR) is 82.6 cm³/mol. The number of methoxy groups -OCH3 is 1. The van der Waals surface area contributed by atoms with Crippen LogP contribution in [0.4, 0.5) is 4.39 Å². The van der Waals surface area contributed by atoms with E-state index in [2.05, 4.69) is 5.32 Å². The predicted octanol–water partition coefficient (Wildman–Crippen LogP) is 1.88. The van der Waals surface area contributed by atoms with Crippen LogP contribution >= 0.6 is 0 Å². The van der Waals surface area contributed by atoms with E-state index in [-0.39, 0.29) is 18.3 Å². The molecule has 1 atom stereocenters. The molecule has 24 heavy (non-hydrogen) atoms. The molecule has 0 bridgehead atoms. The number of hydrogen-bond donors (Lipinski definition) is 1. The molecular weight excluding hydrogens is 315 g/mol. The summed E-state index contributed by atoms with van der Waals surface area (Å²) in [6.45, 7) is 0.898. The number of carbonyl (C=O) groups excluding carboxylic acids is 2. The largest absolute Gasteiger partial charge is 0.453 e. The number of nitrogens with one attached hydrogen (secondary N) is 1. The first-order valence-electron chi connectivity index (χ1n) is 7.52. The number of piperazine rings is 1. The summed E-state index contributed by atoms with van der Waals surface area (Å²) in [4.78, 5) is 26.4. The fraction of sp³-hybridized carbons (Fsp3) is 0.294. The maximum Gasteiger partial charge on any atom is 0.290 e. The van der Waals surface area contributed by atoms with Crippen molar-refractivity contribution < 1.29 is 23.1 Å². The third kappa shape index (κ3) is 3.16. The highest BCUT2D eigenvalue weighted by Crippen LogP contribution is 2.26. The van der Waals surface area contributed by atoms with E-state index in [9.17, 15) is 14.0 Å². The van der Waals surface area contributed by atoms with Gasteiger partial charge in [0.2, 0.25) is 5.91 Å². The smallest absolute Gasteiger partial charge is 0.290 e. The van der Waals surface area contributed by atoms with Crippen LogP contribution in [0.15, 0.2) is 40.8 Å². The average Bonchev–Trinajstić information content (AvgIpc) is 3.03. The van der Waals surface area contributed by atoms with E-state index in [1.54, 1.807) is 18.2 Å². The molecule has 0 spiro atoms. The Hall–Kier alpha value is -2.67. The van der Waals surface area contributed by atoms with Crippen molar-refractivity contribution in [2.24, 2.45) is 0 Å². The minimum Gasteiger partial charge on any atom is -0.453 e. The first-order chi connectivity index (χ1) is 11.6. The van der Waals surface area contributed by atoms with E-state index in [0.29, 0.717) is 24.4 Å². The molecule has 126 valence electrons. The van der Waals surface area contributed by atoms with Crippen LogP contribution in [0.3, 0.4) is 0 Å². The molecule has 2 amide bonds. The van der Waals surface area contributed by atoms with Crippen LogP contribution < -0.4 is 5.32 Å². The second kappa shape index (κ2) is 6.84. The van der Waals surface area contributed by atoms with Crippen molar-refractivity contribution in [3.05, 3.63) is 59.3 Å². The van der Waals surface area contributed by atoms with E-state index in [1.807, 2.05) is 0 Å². The molecule has 0 unspecified atom stereocenters. The maximum absolute atomic E-state index is 13.5. The van der Waals surface area contributed by atoms with Crippen LogP contribution in [0.2, 0.25) is 0 Å². The fourth-order valence-electron chi connectivity index (χ4n) is 2.75. The van der Waals surface area contributed by atoms with Gasteiger partial charge in [-0.15, -0.1) is 0 Å². The summed E-state index contributed by atoms with van der Waals surface area (Å²) >= 11 is 0. The number of furan rings is 1. The summed E-state index contributed by atoms with van der Waals surface area (Å²) in [5.41, 5.74) is 0.421. The summed E-state index contributed by atoms with van der Waals surface area (Å²) in [5.74, 6) is -0.577. The fourth-order valence-corrected chi connectivity index (χ4v) is 2.75. The summed E-state index contributed by atoms with van der Waals surface area (Å²) in [5, 5.41) is 2.71.